The van der Waals surface area contributed by atoms with Gasteiger partial charge in [-0.25, -0.2) is 0 Å². The van der Waals surface area contributed by atoms with Crippen LogP contribution in [0.2, 0.25) is 0 Å². The molecular formula is C8H16BrN. The van der Waals surface area contributed by atoms with Crippen molar-refractivity contribution in [3.05, 3.63) is 11.1 Å². The Morgan fingerprint density at radius 3 is 2.40 bits per heavy atom. The zero-order chi connectivity index (χ0) is 8.15. The van der Waals surface area contributed by atoms with Gasteiger partial charge in [0.25, 0.3) is 0 Å². The lowest BCUT2D eigenvalue weighted by molar-refractivity contribution is 0.323. The van der Waals surface area contributed by atoms with E-state index < -0.39 is 0 Å². The highest BCUT2D eigenvalue weighted by molar-refractivity contribution is 9.11. The first-order valence-corrected chi connectivity index (χ1v) is 4.33. The highest BCUT2D eigenvalue weighted by atomic mass is 79.9. The fourth-order valence-electron chi connectivity index (χ4n) is 0.981. The van der Waals surface area contributed by atoms with Crippen LogP contribution in [-0.4, -0.2) is 25.0 Å². The highest BCUT2D eigenvalue weighted by Crippen LogP contribution is 2.04. The summed E-state index contributed by atoms with van der Waals surface area (Å²) in [5.41, 5.74) is 0. The first kappa shape index (κ1) is 10.2. The number of nitrogens with zero attached hydrogens (tertiary/aromatic N) is 1. The molecule has 0 amide bonds. The number of hydrogen-bond donors (Lipinski definition) is 0. The van der Waals surface area contributed by atoms with E-state index >= 15 is 0 Å². The van der Waals surface area contributed by atoms with Crippen molar-refractivity contribution in [1.29, 1.82) is 0 Å². The van der Waals surface area contributed by atoms with E-state index in [1.165, 1.54) is 0 Å². The summed E-state index contributed by atoms with van der Waals surface area (Å²) in [4.78, 5) is 2.25. The largest absolute Gasteiger partial charge is 0.301 e. The molecule has 0 rings (SSSR count). The van der Waals surface area contributed by atoms with Crippen LogP contribution in [0.15, 0.2) is 11.1 Å². The minimum Gasteiger partial charge on any atom is -0.301 e. The van der Waals surface area contributed by atoms with Gasteiger partial charge in [0, 0.05) is 17.6 Å². The first-order chi connectivity index (χ1) is 4.52. The van der Waals surface area contributed by atoms with E-state index in [9.17, 15) is 0 Å². The smallest absolute Gasteiger partial charge is 0.0290 e. The molecule has 0 heterocycles. The van der Waals surface area contributed by atoms with Crippen molar-refractivity contribution in [1.82, 2.24) is 4.90 Å². The summed E-state index contributed by atoms with van der Waals surface area (Å²) in [5, 5.41) is 0. The molecule has 0 saturated carbocycles. The van der Waals surface area contributed by atoms with E-state index in [1.54, 1.807) is 0 Å². The molecule has 10 heavy (non-hydrogen) atoms. The molecule has 60 valence electrons. The summed E-state index contributed by atoms with van der Waals surface area (Å²) in [6, 6.07) is 0. The van der Waals surface area contributed by atoms with Crippen LogP contribution in [0, 0.1) is 5.92 Å². The average molecular weight is 206 g/mol. The molecule has 0 N–H and O–H groups in total. The first-order valence-electron chi connectivity index (χ1n) is 3.54. The van der Waals surface area contributed by atoms with Crippen LogP contribution in [0.3, 0.4) is 0 Å². The molecule has 0 aliphatic heterocycles. The van der Waals surface area contributed by atoms with Crippen molar-refractivity contribution < 1.29 is 0 Å². The van der Waals surface area contributed by atoms with E-state index in [4.69, 9.17) is 0 Å². The molecule has 0 spiro atoms. The third-order valence-electron chi connectivity index (χ3n) is 1.12. The minimum atomic E-state index is 0.733. The van der Waals surface area contributed by atoms with Gasteiger partial charge in [-0.05, 0) is 13.0 Å². The van der Waals surface area contributed by atoms with Gasteiger partial charge >= 0.3 is 0 Å². The molecule has 0 radical (unpaired) electrons. The average Bonchev–Trinajstić information content (AvgIpc) is 1.58. The molecule has 2 heteroatoms. The van der Waals surface area contributed by atoms with Crippen molar-refractivity contribution in [2.75, 3.05) is 20.1 Å². The second-order valence-corrected chi connectivity index (χ2v) is 4.23. The van der Waals surface area contributed by atoms with Crippen LogP contribution in [0.5, 0.6) is 0 Å². The molecule has 0 unspecified atom stereocenters. The highest BCUT2D eigenvalue weighted by Gasteiger charge is 2.00. The van der Waals surface area contributed by atoms with Gasteiger partial charge in [-0.15, -0.1) is 0 Å². The molecule has 0 aromatic heterocycles. The van der Waals surface area contributed by atoms with Gasteiger partial charge < -0.3 is 4.90 Å². The Morgan fingerprint density at radius 1 is 1.60 bits per heavy atom. The van der Waals surface area contributed by atoms with Crippen LogP contribution >= 0.6 is 15.9 Å². The van der Waals surface area contributed by atoms with Crippen LogP contribution in [-0.2, 0) is 0 Å². The Morgan fingerprint density at radius 2 is 2.10 bits per heavy atom. The quantitative estimate of drug-likeness (QED) is 0.683. The zero-order valence-electron chi connectivity index (χ0n) is 7.02. The van der Waals surface area contributed by atoms with Crippen molar-refractivity contribution in [2.24, 2.45) is 5.92 Å². The lowest BCUT2D eigenvalue weighted by Gasteiger charge is -2.17. The van der Waals surface area contributed by atoms with Gasteiger partial charge in [0.05, 0.1) is 0 Å². The normalized spacial score (nSPS) is 11.0. The minimum absolute atomic E-state index is 0.733. The summed E-state index contributed by atoms with van der Waals surface area (Å²) in [6.45, 7) is 10.3. The predicted octanol–water partition coefficient (Wildman–Crippen LogP) is 2.48. The maximum atomic E-state index is 3.78. The van der Waals surface area contributed by atoms with E-state index in [2.05, 4.69) is 48.3 Å². The molecule has 0 bridgehead atoms. The van der Waals surface area contributed by atoms with Gasteiger partial charge in [-0.2, -0.15) is 0 Å². The fraction of sp³-hybridized carbons (Fsp3) is 0.750. The Kier molecular flexibility index (Phi) is 5.00. The van der Waals surface area contributed by atoms with Crippen LogP contribution in [0.4, 0.5) is 0 Å². The van der Waals surface area contributed by atoms with Crippen molar-refractivity contribution >= 4 is 15.9 Å². The van der Waals surface area contributed by atoms with Gasteiger partial charge in [-0.3, -0.25) is 0 Å². The third kappa shape index (κ3) is 6.30. The molecule has 0 aliphatic rings. The maximum Gasteiger partial charge on any atom is 0.0290 e. The molecule has 0 fully saturated rings. The molecular weight excluding hydrogens is 190 g/mol. The van der Waals surface area contributed by atoms with Gasteiger partial charge in [-0.1, -0.05) is 36.4 Å². The number of halogens is 1. The topological polar surface area (TPSA) is 3.24 Å². The van der Waals surface area contributed by atoms with Gasteiger partial charge in [0.15, 0.2) is 0 Å². The Bertz CT molecular complexity index is 110. The second-order valence-electron chi connectivity index (χ2n) is 3.11. The molecule has 0 saturated heterocycles. The Hall–Kier alpha value is 0.180. The standard InChI is InChI=1S/C8H16BrN/c1-7(2)5-10(4)6-8(3)9/h7H,3,5-6H2,1-2,4H3. The van der Waals surface area contributed by atoms with Crippen LogP contribution in [0.25, 0.3) is 0 Å². The lowest BCUT2D eigenvalue weighted by Crippen LogP contribution is -2.24. The van der Waals surface area contributed by atoms with E-state index in [0.717, 1.165) is 23.5 Å². The summed E-state index contributed by atoms with van der Waals surface area (Å²) in [5.74, 6) is 0.733. The second kappa shape index (κ2) is 4.91. The number of rotatable bonds is 4. The molecule has 0 atom stereocenters. The van der Waals surface area contributed by atoms with Crippen molar-refractivity contribution in [3.8, 4) is 0 Å². The zero-order valence-corrected chi connectivity index (χ0v) is 8.61. The molecule has 0 aliphatic carbocycles. The van der Waals surface area contributed by atoms with E-state index in [-0.39, 0.29) is 0 Å². The summed E-state index contributed by atoms with van der Waals surface area (Å²) < 4.78 is 1.05. The summed E-state index contributed by atoms with van der Waals surface area (Å²) in [6.07, 6.45) is 0. The Labute approximate surface area is 72.2 Å². The van der Waals surface area contributed by atoms with Crippen LogP contribution < -0.4 is 0 Å². The third-order valence-corrected chi connectivity index (χ3v) is 1.37. The monoisotopic (exact) mass is 205 g/mol. The lowest BCUT2D eigenvalue weighted by atomic mass is 10.2. The van der Waals surface area contributed by atoms with Gasteiger partial charge in [0.1, 0.15) is 0 Å². The molecule has 0 aromatic carbocycles. The Balaban J connectivity index is 3.43. The number of likely N-dealkylation sites (N-methyl/N-ethyl adjacent to an activating group) is 1. The SMILES string of the molecule is C=C(Br)CN(C)CC(C)C. The molecule has 0 aromatic rings. The summed E-state index contributed by atoms with van der Waals surface area (Å²) in [7, 11) is 2.10. The van der Waals surface area contributed by atoms with E-state index in [1.807, 2.05) is 0 Å². The maximum absolute atomic E-state index is 3.78. The van der Waals surface area contributed by atoms with E-state index in [0.29, 0.717) is 0 Å². The fourth-order valence-corrected chi connectivity index (χ4v) is 1.41. The summed E-state index contributed by atoms with van der Waals surface area (Å²) >= 11 is 3.33. The number of hydrogen-bond acceptors (Lipinski definition) is 1. The predicted molar refractivity (Wildman–Crippen MR) is 50.4 cm³/mol. The van der Waals surface area contributed by atoms with Crippen molar-refractivity contribution in [3.63, 3.8) is 0 Å². The van der Waals surface area contributed by atoms with Crippen LogP contribution in [0.1, 0.15) is 13.8 Å². The van der Waals surface area contributed by atoms with Gasteiger partial charge in [0.2, 0.25) is 0 Å². The molecule has 1 nitrogen and oxygen atoms in total. The van der Waals surface area contributed by atoms with Crippen molar-refractivity contribution in [2.45, 2.75) is 13.8 Å².